The van der Waals surface area contributed by atoms with Crippen molar-refractivity contribution in [3.63, 3.8) is 0 Å². The summed E-state index contributed by atoms with van der Waals surface area (Å²) in [5.74, 6) is -0.359. The van der Waals surface area contributed by atoms with Crippen LogP contribution in [0, 0.1) is 5.82 Å². The minimum Gasteiger partial charge on any atom is -0.397 e. The van der Waals surface area contributed by atoms with E-state index in [1.54, 1.807) is 0 Å². The molecule has 1 aliphatic carbocycles. The van der Waals surface area contributed by atoms with E-state index in [1.807, 2.05) is 0 Å². The summed E-state index contributed by atoms with van der Waals surface area (Å²) in [7, 11) is 0. The van der Waals surface area contributed by atoms with Crippen LogP contribution in [0.5, 0.6) is 0 Å². The number of nitrogens with one attached hydrogen (secondary N) is 1. The van der Waals surface area contributed by atoms with E-state index in [1.165, 1.54) is 18.6 Å². The molecule has 2 rings (SSSR count). The highest BCUT2D eigenvalue weighted by Gasteiger charge is 2.28. The molecule has 3 nitrogen and oxygen atoms in total. The zero-order valence-corrected chi connectivity index (χ0v) is 11.8. The smallest absolute Gasteiger partial charge is 0.139 e. The zero-order chi connectivity index (χ0) is 13.2. The number of hydrogen-bond donors (Lipinski definition) is 3. The molecule has 0 heterocycles. The van der Waals surface area contributed by atoms with Gasteiger partial charge in [-0.05, 0) is 34.8 Å². The second-order valence-corrected chi connectivity index (χ2v) is 5.85. The summed E-state index contributed by atoms with van der Waals surface area (Å²) in [6, 6.07) is 2.88. The first-order valence-corrected chi connectivity index (χ1v) is 7.00. The molecule has 0 saturated heterocycles. The average Bonchev–Trinajstić information content (AvgIpc) is 2.33. The molecule has 0 aromatic heterocycles. The van der Waals surface area contributed by atoms with Crippen molar-refractivity contribution in [2.24, 2.45) is 0 Å². The third-order valence-electron chi connectivity index (χ3n) is 3.48. The number of aliphatic hydroxyl groups is 1. The predicted octanol–water partition coefficient (Wildman–Crippen LogP) is 3.28. The Balaban J connectivity index is 2.03. The molecule has 0 unspecified atom stereocenters. The summed E-state index contributed by atoms with van der Waals surface area (Å²) in [5.41, 5.74) is 6.13. The number of halogens is 2. The van der Waals surface area contributed by atoms with Crippen LogP contribution < -0.4 is 11.1 Å². The van der Waals surface area contributed by atoms with Crippen molar-refractivity contribution in [3.05, 3.63) is 22.4 Å². The molecule has 0 amide bonds. The minimum atomic E-state index is -0.686. The third kappa shape index (κ3) is 3.14. The Labute approximate surface area is 115 Å². The quantitative estimate of drug-likeness (QED) is 0.750. The average molecular weight is 317 g/mol. The van der Waals surface area contributed by atoms with Crippen molar-refractivity contribution < 1.29 is 9.50 Å². The Bertz CT molecular complexity index is 433. The lowest BCUT2D eigenvalue weighted by Crippen LogP contribution is -2.38. The van der Waals surface area contributed by atoms with Gasteiger partial charge in [-0.15, -0.1) is 0 Å². The van der Waals surface area contributed by atoms with E-state index >= 15 is 0 Å². The summed E-state index contributed by atoms with van der Waals surface area (Å²) in [4.78, 5) is 0. The van der Waals surface area contributed by atoms with Gasteiger partial charge in [-0.2, -0.15) is 0 Å². The van der Waals surface area contributed by atoms with Crippen LogP contribution in [0.15, 0.2) is 16.6 Å². The molecule has 1 aromatic rings. The molecule has 18 heavy (non-hydrogen) atoms. The summed E-state index contributed by atoms with van der Waals surface area (Å²) >= 11 is 3.09. The lowest BCUT2D eigenvalue weighted by molar-refractivity contribution is 0.0167. The number of hydrogen-bond acceptors (Lipinski definition) is 3. The molecule has 0 atom stereocenters. The molecular formula is C13H18BrFN2O. The molecular weight excluding hydrogens is 299 g/mol. The van der Waals surface area contributed by atoms with Crippen LogP contribution >= 0.6 is 15.9 Å². The second kappa shape index (κ2) is 5.45. The molecule has 0 spiro atoms. The summed E-state index contributed by atoms with van der Waals surface area (Å²) in [6.07, 6.45) is 4.85. The first-order valence-electron chi connectivity index (χ1n) is 6.21. The highest BCUT2D eigenvalue weighted by Crippen LogP contribution is 2.30. The Morgan fingerprint density at radius 2 is 2.00 bits per heavy atom. The SMILES string of the molecule is Nc1cc(Br)c(F)cc1NCC1(O)CCCCC1. The van der Waals surface area contributed by atoms with Crippen LogP contribution in [-0.2, 0) is 0 Å². The van der Waals surface area contributed by atoms with Crippen molar-refractivity contribution >= 4 is 27.3 Å². The van der Waals surface area contributed by atoms with Crippen LogP contribution in [0.3, 0.4) is 0 Å². The Kier molecular flexibility index (Phi) is 4.12. The lowest BCUT2D eigenvalue weighted by atomic mass is 9.85. The monoisotopic (exact) mass is 316 g/mol. The van der Waals surface area contributed by atoms with Crippen LogP contribution in [0.4, 0.5) is 15.8 Å². The van der Waals surface area contributed by atoms with Crippen LogP contribution in [0.1, 0.15) is 32.1 Å². The van der Waals surface area contributed by atoms with Crippen molar-refractivity contribution in [3.8, 4) is 0 Å². The van der Waals surface area contributed by atoms with Crippen LogP contribution in [-0.4, -0.2) is 17.3 Å². The molecule has 1 aromatic carbocycles. The van der Waals surface area contributed by atoms with Gasteiger partial charge in [-0.3, -0.25) is 0 Å². The highest BCUT2D eigenvalue weighted by molar-refractivity contribution is 9.10. The molecule has 0 bridgehead atoms. The number of anilines is 2. The van der Waals surface area contributed by atoms with Crippen molar-refractivity contribution in [1.29, 1.82) is 0 Å². The maximum absolute atomic E-state index is 13.4. The topological polar surface area (TPSA) is 58.3 Å². The van der Waals surface area contributed by atoms with Gasteiger partial charge in [0.15, 0.2) is 0 Å². The maximum atomic E-state index is 13.4. The number of nitrogens with two attached hydrogens (primary N) is 1. The minimum absolute atomic E-state index is 0.349. The fourth-order valence-electron chi connectivity index (χ4n) is 2.36. The lowest BCUT2D eigenvalue weighted by Gasteiger charge is -2.32. The van der Waals surface area contributed by atoms with Crippen LogP contribution in [0.25, 0.3) is 0 Å². The van der Waals surface area contributed by atoms with Crippen molar-refractivity contribution in [2.75, 3.05) is 17.6 Å². The summed E-state index contributed by atoms with van der Waals surface area (Å²) < 4.78 is 13.8. The second-order valence-electron chi connectivity index (χ2n) is 4.99. The van der Waals surface area contributed by atoms with E-state index in [0.717, 1.165) is 25.7 Å². The van der Waals surface area contributed by atoms with E-state index in [-0.39, 0.29) is 5.82 Å². The Morgan fingerprint density at radius 3 is 2.67 bits per heavy atom. The van der Waals surface area contributed by atoms with Crippen LogP contribution in [0.2, 0.25) is 0 Å². The van der Waals surface area contributed by atoms with E-state index in [4.69, 9.17) is 5.73 Å². The first-order chi connectivity index (χ1) is 8.50. The molecule has 1 fully saturated rings. The number of rotatable bonds is 3. The Hall–Kier alpha value is -0.810. The number of benzene rings is 1. The van der Waals surface area contributed by atoms with Gasteiger partial charge in [0.2, 0.25) is 0 Å². The van der Waals surface area contributed by atoms with Crippen molar-refractivity contribution in [1.82, 2.24) is 0 Å². The molecule has 4 N–H and O–H groups in total. The van der Waals surface area contributed by atoms with E-state index in [0.29, 0.717) is 22.4 Å². The molecule has 0 aliphatic heterocycles. The van der Waals surface area contributed by atoms with Gasteiger partial charge >= 0.3 is 0 Å². The third-order valence-corrected chi connectivity index (χ3v) is 4.09. The molecule has 0 radical (unpaired) electrons. The molecule has 1 saturated carbocycles. The fraction of sp³-hybridized carbons (Fsp3) is 0.538. The predicted molar refractivity (Wildman–Crippen MR) is 75.0 cm³/mol. The van der Waals surface area contributed by atoms with E-state index in [9.17, 15) is 9.50 Å². The van der Waals surface area contributed by atoms with Gasteiger partial charge in [0.05, 0.1) is 21.4 Å². The van der Waals surface area contributed by atoms with Gasteiger partial charge in [0, 0.05) is 12.6 Å². The van der Waals surface area contributed by atoms with Gasteiger partial charge in [0.25, 0.3) is 0 Å². The maximum Gasteiger partial charge on any atom is 0.139 e. The normalized spacial score (nSPS) is 18.6. The molecule has 1 aliphatic rings. The van der Waals surface area contributed by atoms with Gasteiger partial charge in [-0.1, -0.05) is 19.3 Å². The van der Waals surface area contributed by atoms with Gasteiger partial charge in [-0.25, -0.2) is 4.39 Å². The largest absolute Gasteiger partial charge is 0.397 e. The summed E-state index contributed by atoms with van der Waals surface area (Å²) in [6.45, 7) is 0.415. The fourth-order valence-corrected chi connectivity index (χ4v) is 2.72. The molecule has 100 valence electrons. The standard InChI is InChI=1S/C13H18BrFN2O/c14-9-6-11(16)12(7-10(9)15)17-8-13(18)4-2-1-3-5-13/h6-7,17-18H,1-5,8,16H2. The van der Waals surface area contributed by atoms with Gasteiger partial charge in [0.1, 0.15) is 5.82 Å². The Morgan fingerprint density at radius 1 is 1.33 bits per heavy atom. The van der Waals surface area contributed by atoms with Gasteiger partial charge < -0.3 is 16.2 Å². The van der Waals surface area contributed by atoms with E-state index < -0.39 is 5.60 Å². The number of nitrogen functional groups attached to an aromatic ring is 1. The van der Waals surface area contributed by atoms with Crippen molar-refractivity contribution in [2.45, 2.75) is 37.7 Å². The molecule has 5 heteroatoms. The zero-order valence-electron chi connectivity index (χ0n) is 10.2. The van der Waals surface area contributed by atoms with E-state index in [2.05, 4.69) is 21.2 Å². The first kappa shape index (κ1) is 13.6. The summed E-state index contributed by atoms with van der Waals surface area (Å²) in [5, 5.41) is 13.4. The highest BCUT2D eigenvalue weighted by atomic mass is 79.9.